The first-order valence-electron chi connectivity index (χ1n) is 5.12. The quantitative estimate of drug-likeness (QED) is 0.359. The van der Waals surface area contributed by atoms with Crippen LogP contribution in [0.1, 0.15) is 19.0 Å². The van der Waals surface area contributed by atoms with E-state index < -0.39 is 4.92 Å². The van der Waals surface area contributed by atoms with Crippen LogP contribution in [0.4, 0.5) is 11.5 Å². The Morgan fingerprint density at radius 3 is 2.88 bits per heavy atom. The van der Waals surface area contributed by atoms with Crippen molar-refractivity contribution in [3.8, 4) is 0 Å². The molecule has 0 saturated carbocycles. The van der Waals surface area contributed by atoms with Gasteiger partial charge in [-0.3, -0.25) is 10.1 Å². The number of nitrogens with zero attached hydrogens (tertiary/aromatic N) is 2. The zero-order valence-corrected chi connectivity index (χ0v) is 9.43. The lowest BCUT2D eigenvalue weighted by Crippen LogP contribution is -2.04. The topological polar surface area (TPSA) is 68.1 Å². The zero-order valence-electron chi connectivity index (χ0n) is 9.43. The van der Waals surface area contributed by atoms with Crippen LogP contribution in [0.25, 0.3) is 0 Å². The van der Waals surface area contributed by atoms with Crippen molar-refractivity contribution in [1.82, 2.24) is 4.98 Å². The lowest BCUT2D eigenvalue weighted by molar-refractivity contribution is -0.385. The second kappa shape index (κ2) is 5.85. The molecule has 0 aromatic carbocycles. The largest absolute Gasteiger partial charge is 0.370 e. The standard InChI is InChI=1S/C11H15N3O2/c1-3-4-5-8-12-11-7-6-10(14(15)16)9(2)13-11/h3-4,6-7H,5,8H2,1-2H3,(H,12,13)/b4-3+. The average molecular weight is 221 g/mol. The Hall–Kier alpha value is -1.91. The average Bonchev–Trinajstić information content (AvgIpc) is 2.24. The lowest BCUT2D eigenvalue weighted by atomic mass is 10.3. The number of hydrogen-bond acceptors (Lipinski definition) is 4. The Kier molecular flexibility index (Phi) is 4.44. The third-order valence-electron chi connectivity index (χ3n) is 2.11. The van der Waals surface area contributed by atoms with Gasteiger partial charge in [-0.25, -0.2) is 4.98 Å². The van der Waals surface area contributed by atoms with Crippen LogP contribution in [0, 0.1) is 17.0 Å². The number of aromatic nitrogens is 1. The van der Waals surface area contributed by atoms with Gasteiger partial charge in [0.2, 0.25) is 0 Å². The minimum absolute atomic E-state index is 0.0546. The molecule has 5 nitrogen and oxygen atoms in total. The highest BCUT2D eigenvalue weighted by Gasteiger charge is 2.11. The van der Waals surface area contributed by atoms with Crippen LogP contribution >= 0.6 is 0 Å². The molecule has 0 radical (unpaired) electrons. The molecule has 0 saturated heterocycles. The molecule has 1 aromatic heterocycles. The van der Waals surface area contributed by atoms with Crippen molar-refractivity contribution in [2.24, 2.45) is 0 Å². The van der Waals surface area contributed by atoms with E-state index >= 15 is 0 Å². The summed E-state index contributed by atoms with van der Waals surface area (Å²) in [5.74, 6) is 0.674. The van der Waals surface area contributed by atoms with Crippen LogP contribution in [0.15, 0.2) is 24.3 Å². The molecular weight excluding hydrogens is 206 g/mol. The van der Waals surface area contributed by atoms with E-state index in [1.54, 1.807) is 13.0 Å². The SMILES string of the molecule is C/C=C/CCNc1ccc([N+](=O)[O-])c(C)n1. The molecule has 0 amide bonds. The molecule has 1 N–H and O–H groups in total. The highest BCUT2D eigenvalue weighted by molar-refractivity contribution is 5.44. The second-order valence-corrected chi connectivity index (χ2v) is 3.34. The Morgan fingerprint density at radius 2 is 2.31 bits per heavy atom. The van der Waals surface area contributed by atoms with Gasteiger partial charge < -0.3 is 5.32 Å². The van der Waals surface area contributed by atoms with Gasteiger partial charge in [0.15, 0.2) is 0 Å². The van der Waals surface area contributed by atoms with Crippen molar-refractivity contribution in [2.45, 2.75) is 20.3 Å². The maximum Gasteiger partial charge on any atom is 0.290 e. The maximum atomic E-state index is 10.6. The van der Waals surface area contributed by atoms with Gasteiger partial charge in [-0.15, -0.1) is 0 Å². The molecule has 86 valence electrons. The van der Waals surface area contributed by atoms with Crippen LogP contribution in [0.2, 0.25) is 0 Å². The van der Waals surface area contributed by atoms with Crippen molar-refractivity contribution >= 4 is 11.5 Å². The summed E-state index contributed by atoms with van der Waals surface area (Å²) in [7, 11) is 0. The van der Waals surface area contributed by atoms with E-state index in [9.17, 15) is 10.1 Å². The van der Waals surface area contributed by atoms with Crippen LogP contribution < -0.4 is 5.32 Å². The molecule has 16 heavy (non-hydrogen) atoms. The highest BCUT2D eigenvalue weighted by Crippen LogP contribution is 2.17. The number of aryl methyl sites for hydroxylation is 1. The molecule has 0 bridgehead atoms. The summed E-state index contributed by atoms with van der Waals surface area (Å²) in [6.07, 6.45) is 4.94. The van der Waals surface area contributed by atoms with E-state index in [-0.39, 0.29) is 5.69 Å². The fourth-order valence-electron chi connectivity index (χ4n) is 1.30. The Balaban J connectivity index is 2.63. The number of pyridine rings is 1. The third-order valence-corrected chi connectivity index (χ3v) is 2.11. The van der Waals surface area contributed by atoms with Gasteiger partial charge in [0.25, 0.3) is 5.69 Å². The lowest BCUT2D eigenvalue weighted by Gasteiger charge is -2.04. The van der Waals surface area contributed by atoms with Crippen molar-refractivity contribution in [2.75, 3.05) is 11.9 Å². The van der Waals surface area contributed by atoms with Gasteiger partial charge in [0, 0.05) is 12.6 Å². The molecule has 1 aromatic rings. The molecule has 5 heteroatoms. The number of rotatable bonds is 5. The Bertz CT molecular complexity index is 402. The second-order valence-electron chi connectivity index (χ2n) is 3.34. The summed E-state index contributed by atoms with van der Waals surface area (Å²) < 4.78 is 0. The van der Waals surface area contributed by atoms with E-state index in [1.807, 2.05) is 19.1 Å². The molecular formula is C11H15N3O2. The predicted octanol–water partition coefficient (Wildman–Crippen LogP) is 2.68. The Labute approximate surface area is 94.4 Å². The van der Waals surface area contributed by atoms with Crippen LogP contribution in [-0.2, 0) is 0 Å². The number of nitrogens with one attached hydrogen (secondary N) is 1. The van der Waals surface area contributed by atoms with Crippen molar-refractivity contribution in [1.29, 1.82) is 0 Å². The third kappa shape index (κ3) is 3.34. The number of nitro groups is 1. The molecule has 0 aliphatic carbocycles. The number of allylic oxidation sites excluding steroid dienone is 1. The predicted molar refractivity (Wildman–Crippen MR) is 63.5 cm³/mol. The van der Waals surface area contributed by atoms with Gasteiger partial charge >= 0.3 is 0 Å². The van der Waals surface area contributed by atoms with E-state index in [4.69, 9.17) is 0 Å². The van der Waals surface area contributed by atoms with Crippen LogP contribution in [0.5, 0.6) is 0 Å². The first kappa shape index (κ1) is 12.2. The summed E-state index contributed by atoms with van der Waals surface area (Å²) >= 11 is 0. The van der Waals surface area contributed by atoms with Crippen molar-refractivity contribution in [3.05, 3.63) is 40.1 Å². The van der Waals surface area contributed by atoms with E-state index in [0.29, 0.717) is 11.5 Å². The molecule has 0 aliphatic rings. The fourth-order valence-corrected chi connectivity index (χ4v) is 1.30. The van der Waals surface area contributed by atoms with Crippen molar-refractivity contribution < 1.29 is 4.92 Å². The van der Waals surface area contributed by atoms with Gasteiger partial charge in [0.1, 0.15) is 11.5 Å². The van der Waals surface area contributed by atoms with Gasteiger partial charge in [-0.1, -0.05) is 12.2 Å². The zero-order chi connectivity index (χ0) is 12.0. The normalized spacial score (nSPS) is 10.6. The van der Waals surface area contributed by atoms with Crippen LogP contribution in [0.3, 0.4) is 0 Å². The van der Waals surface area contributed by atoms with Crippen LogP contribution in [-0.4, -0.2) is 16.5 Å². The van der Waals surface area contributed by atoms with Gasteiger partial charge in [-0.05, 0) is 26.3 Å². The Morgan fingerprint density at radius 1 is 1.56 bits per heavy atom. The van der Waals surface area contributed by atoms with Gasteiger partial charge in [0.05, 0.1) is 4.92 Å². The first-order chi connectivity index (χ1) is 7.65. The molecule has 1 rings (SSSR count). The summed E-state index contributed by atoms with van der Waals surface area (Å²) in [5, 5.41) is 13.7. The fraction of sp³-hybridized carbons (Fsp3) is 0.364. The molecule has 0 unspecified atom stereocenters. The van der Waals surface area contributed by atoms with Gasteiger partial charge in [-0.2, -0.15) is 0 Å². The highest BCUT2D eigenvalue weighted by atomic mass is 16.6. The van der Waals surface area contributed by atoms with E-state index in [2.05, 4.69) is 10.3 Å². The smallest absolute Gasteiger partial charge is 0.290 e. The first-order valence-corrected chi connectivity index (χ1v) is 5.12. The number of anilines is 1. The van der Waals surface area contributed by atoms with Crippen molar-refractivity contribution in [3.63, 3.8) is 0 Å². The summed E-state index contributed by atoms with van der Waals surface area (Å²) in [4.78, 5) is 14.3. The molecule has 0 aliphatic heterocycles. The summed E-state index contributed by atoms with van der Waals surface area (Å²) in [6.45, 7) is 4.37. The summed E-state index contributed by atoms with van der Waals surface area (Å²) in [5.41, 5.74) is 0.486. The number of hydrogen-bond donors (Lipinski definition) is 1. The minimum atomic E-state index is -0.425. The van der Waals surface area contributed by atoms with E-state index in [0.717, 1.165) is 13.0 Å². The maximum absolute atomic E-state index is 10.6. The molecule has 1 heterocycles. The summed E-state index contributed by atoms with van der Waals surface area (Å²) in [6, 6.07) is 3.10. The van der Waals surface area contributed by atoms with E-state index in [1.165, 1.54) is 6.07 Å². The molecule has 0 atom stereocenters. The molecule has 0 fully saturated rings. The monoisotopic (exact) mass is 221 g/mol. The molecule has 0 spiro atoms. The minimum Gasteiger partial charge on any atom is -0.370 e.